The summed E-state index contributed by atoms with van der Waals surface area (Å²) in [6, 6.07) is 30.3. The number of hydrogen-bond donors (Lipinski definition) is 2. The average molecular weight is 634 g/mol. The van der Waals surface area contributed by atoms with E-state index in [0.717, 1.165) is 30.5 Å². The smallest absolute Gasteiger partial charge is 0.262 e. The summed E-state index contributed by atoms with van der Waals surface area (Å²) in [7, 11) is 0. The first kappa shape index (κ1) is 25.8. The van der Waals surface area contributed by atoms with Crippen molar-refractivity contribution in [2.45, 2.75) is 0 Å². The summed E-state index contributed by atoms with van der Waals surface area (Å²) in [6.45, 7) is -0.392. The molecule has 0 atom stereocenters. The molecule has 0 heterocycles. The zero-order valence-corrected chi connectivity index (χ0v) is 23.2. The summed E-state index contributed by atoms with van der Waals surface area (Å²) < 4.78 is 13.1. The number of amides is 2. The lowest BCUT2D eigenvalue weighted by Crippen LogP contribution is -2.23. The van der Waals surface area contributed by atoms with Crippen molar-refractivity contribution in [3.05, 3.63) is 106 Å². The van der Waals surface area contributed by atoms with E-state index < -0.39 is 0 Å². The van der Waals surface area contributed by atoms with Crippen LogP contribution in [0.5, 0.6) is 11.5 Å². The number of halogens is 2. The largest absolute Gasteiger partial charge is 0.483 e. The van der Waals surface area contributed by atoms with E-state index in [9.17, 15) is 9.59 Å². The van der Waals surface area contributed by atoms with E-state index >= 15 is 0 Å². The Morgan fingerprint density at radius 1 is 0.553 bits per heavy atom. The molecule has 0 aliphatic rings. The fourth-order valence-corrected chi connectivity index (χ4v) is 5.23. The lowest BCUT2D eigenvalue weighted by molar-refractivity contribution is -0.119. The van der Waals surface area contributed by atoms with Gasteiger partial charge >= 0.3 is 0 Å². The molecule has 0 saturated heterocycles. The molecule has 0 aliphatic heterocycles. The Morgan fingerprint density at radius 2 is 0.947 bits per heavy atom. The van der Waals surface area contributed by atoms with Crippen molar-refractivity contribution in [2.24, 2.45) is 0 Å². The van der Waals surface area contributed by atoms with Crippen molar-refractivity contribution >= 4 is 76.6 Å². The van der Waals surface area contributed by atoms with Gasteiger partial charge in [-0.3, -0.25) is 9.59 Å². The molecule has 0 saturated carbocycles. The van der Waals surface area contributed by atoms with E-state index in [1.807, 2.05) is 72.8 Å². The first-order valence-corrected chi connectivity index (χ1v) is 13.4. The van der Waals surface area contributed by atoms with Crippen molar-refractivity contribution in [1.82, 2.24) is 0 Å². The summed E-state index contributed by atoms with van der Waals surface area (Å²) in [5.41, 5.74) is 0.915. The van der Waals surface area contributed by atoms with Crippen LogP contribution in [-0.4, -0.2) is 25.0 Å². The highest BCUT2D eigenvalue weighted by Crippen LogP contribution is 2.34. The SMILES string of the molecule is O=C(COc1ccc2ccccc2c1Br)Nc1ccccc1NC(=O)COc1ccc2ccccc2c1Br. The molecule has 0 aromatic heterocycles. The predicted octanol–water partition coefficient (Wildman–Crippen LogP) is 7.55. The van der Waals surface area contributed by atoms with Crippen LogP contribution in [0.1, 0.15) is 0 Å². The maximum Gasteiger partial charge on any atom is 0.262 e. The van der Waals surface area contributed by atoms with E-state index in [1.54, 1.807) is 24.3 Å². The average Bonchev–Trinajstić information content (AvgIpc) is 2.94. The Morgan fingerprint density at radius 3 is 1.39 bits per heavy atom. The van der Waals surface area contributed by atoms with Gasteiger partial charge in [0, 0.05) is 0 Å². The fourth-order valence-electron chi connectivity index (χ4n) is 4.01. The van der Waals surface area contributed by atoms with Gasteiger partial charge in [0.05, 0.1) is 20.3 Å². The molecule has 0 spiro atoms. The van der Waals surface area contributed by atoms with Crippen LogP contribution in [0, 0.1) is 0 Å². The Kier molecular flexibility index (Phi) is 7.91. The third-order valence-corrected chi connectivity index (χ3v) is 7.48. The normalized spacial score (nSPS) is 10.8. The van der Waals surface area contributed by atoms with Gasteiger partial charge in [0.15, 0.2) is 13.2 Å². The van der Waals surface area contributed by atoms with Gasteiger partial charge in [-0.15, -0.1) is 0 Å². The second-order valence-electron chi connectivity index (χ2n) is 8.42. The van der Waals surface area contributed by atoms with Crippen molar-refractivity contribution in [2.75, 3.05) is 23.8 Å². The van der Waals surface area contributed by atoms with Crippen LogP contribution in [-0.2, 0) is 9.59 Å². The third kappa shape index (κ3) is 5.82. The molecule has 8 heteroatoms. The summed E-state index contributed by atoms with van der Waals surface area (Å²) in [5.74, 6) is 0.418. The minimum absolute atomic E-state index is 0.196. The van der Waals surface area contributed by atoms with Crippen LogP contribution in [0.25, 0.3) is 21.5 Å². The molecular weight excluding hydrogens is 612 g/mol. The van der Waals surface area contributed by atoms with Gasteiger partial charge in [-0.2, -0.15) is 0 Å². The summed E-state index contributed by atoms with van der Waals surface area (Å²) in [4.78, 5) is 25.3. The molecule has 2 amide bonds. The van der Waals surface area contributed by atoms with Gasteiger partial charge in [0.1, 0.15) is 11.5 Å². The molecule has 5 aromatic carbocycles. The van der Waals surface area contributed by atoms with Crippen LogP contribution in [0.4, 0.5) is 11.4 Å². The van der Waals surface area contributed by atoms with Crippen molar-refractivity contribution in [1.29, 1.82) is 0 Å². The lowest BCUT2D eigenvalue weighted by Gasteiger charge is -2.14. The number of fused-ring (bicyclic) bond motifs is 2. The number of para-hydroxylation sites is 2. The molecule has 6 nitrogen and oxygen atoms in total. The monoisotopic (exact) mass is 632 g/mol. The Hall–Kier alpha value is -3.88. The van der Waals surface area contributed by atoms with Gasteiger partial charge in [0.25, 0.3) is 11.8 Å². The first-order valence-electron chi connectivity index (χ1n) is 11.8. The molecular formula is C30H22Br2N2O4. The highest BCUT2D eigenvalue weighted by molar-refractivity contribution is 9.11. The topological polar surface area (TPSA) is 76.7 Å². The molecule has 5 rings (SSSR count). The molecule has 0 aliphatic carbocycles. The number of rotatable bonds is 8. The Bertz CT molecular complexity index is 1530. The van der Waals surface area contributed by atoms with Crippen molar-refractivity contribution < 1.29 is 19.1 Å². The number of hydrogen-bond acceptors (Lipinski definition) is 4. The minimum Gasteiger partial charge on any atom is -0.483 e. The number of nitrogens with one attached hydrogen (secondary N) is 2. The minimum atomic E-state index is -0.358. The van der Waals surface area contributed by atoms with Gasteiger partial charge in [-0.1, -0.05) is 72.8 Å². The van der Waals surface area contributed by atoms with Crippen LogP contribution in [0.3, 0.4) is 0 Å². The van der Waals surface area contributed by atoms with E-state index in [0.29, 0.717) is 22.9 Å². The van der Waals surface area contributed by atoms with Crippen LogP contribution in [0.15, 0.2) is 106 Å². The van der Waals surface area contributed by atoms with Crippen LogP contribution in [0.2, 0.25) is 0 Å². The molecule has 190 valence electrons. The summed E-state index contributed by atoms with van der Waals surface area (Å²) in [6.07, 6.45) is 0. The van der Waals surface area contributed by atoms with E-state index in [2.05, 4.69) is 42.5 Å². The van der Waals surface area contributed by atoms with Gasteiger partial charge in [0.2, 0.25) is 0 Å². The van der Waals surface area contributed by atoms with Crippen LogP contribution < -0.4 is 20.1 Å². The molecule has 0 bridgehead atoms. The zero-order valence-electron chi connectivity index (χ0n) is 20.0. The molecule has 0 fully saturated rings. The van der Waals surface area contributed by atoms with Crippen molar-refractivity contribution in [3.63, 3.8) is 0 Å². The fraction of sp³-hybridized carbons (Fsp3) is 0.0667. The van der Waals surface area contributed by atoms with E-state index in [-0.39, 0.29) is 25.0 Å². The van der Waals surface area contributed by atoms with E-state index in [1.165, 1.54) is 0 Å². The standard InChI is InChI=1S/C30H22Br2N2O4/c31-29-21-9-3-1-7-19(21)13-15-25(29)37-17-27(35)33-23-11-5-6-12-24(23)34-28(36)18-38-26-16-14-20-8-2-4-10-22(20)30(26)32/h1-16H,17-18H2,(H,33,35)(H,34,36). The maximum absolute atomic E-state index is 12.7. The molecule has 5 aromatic rings. The Labute approximate surface area is 236 Å². The summed E-state index contributed by atoms with van der Waals surface area (Å²) in [5, 5.41) is 9.74. The second-order valence-corrected chi connectivity index (χ2v) is 10.0. The van der Waals surface area contributed by atoms with Gasteiger partial charge < -0.3 is 20.1 Å². The highest BCUT2D eigenvalue weighted by atomic mass is 79.9. The number of carbonyl (C=O) groups excluding carboxylic acids is 2. The number of carbonyl (C=O) groups is 2. The van der Waals surface area contributed by atoms with Gasteiger partial charge in [-0.25, -0.2) is 0 Å². The molecule has 2 N–H and O–H groups in total. The van der Waals surface area contributed by atoms with Crippen LogP contribution >= 0.6 is 31.9 Å². The molecule has 38 heavy (non-hydrogen) atoms. The number of anilines is 2. The predicted molar refractivity (Wildman–Crippen MR) is 158 cm³/mol. The highest BCUT2D eigenvalue weighted by Gasteiger charge is 2.13. The lowest BCUT2D eigenvalue weighted by atomic mass is 10.1. The number of ether oxygens (including phenoxy) is 2. The van der Waals surface area contributed by atoms with Crippen molar-refractivity contribution in [3.8, 4) is 11.5 Å². The molecule has 0 unspecified atom stereocenters. The third-order valence-electron chi connectivity index (χ3n) is 5.85. The van der Waals surface area contributed by atoms with Gasteiger partial charge in [-0.05, 0) is 77.7 Å². The Balaban J connectivity index is 1.19. The maximum atomic E-state index is 12.7. The number of benzene rings is 5. The van der Waals surface area contributed by atoms with E-state index in [4.69, 9.17) is 9.47 Å². The quantitative estimate of drug-likeness (QED) is 0.185. The first-order chi connectivity index (χ1) is 18.5. The summed E-state index contributed by atoms with van der Waals surface area (Å²) >= 11 is 7.13. The zero-order chi connectivity index (χ0) is 26.5. The second kappa shape index (κ2) is 11.7. The molecule has 0 radical (unpaired) electrons.